The number of carbonyl (C=O) groups is 2. The molecule has 0 unspecified atom stereocenters. The first kappa shape index (κ1) is 21.5. The second kappa shape index (κ2) is 8.77. The van der Waals surface area contributed by atoms with E-state index in [1.54, 1.807) is 14.2 Å². The lowest BCUT2D eigenvalue weighted by atomic mass is 9.81. The first-order valence-electron chi connectivity index (χ1n) is 11.1. The number of esters is 1. The molecule has 2 aliphatic rings. The van der Waals surface area contributed by atoms with E-state index in [9.17, 15) is 9.59 Å². The topological polar surface area (TPSA) is 77.6 Å². The van der Waals surface area contributed by atoms with E-state index in [0.717, 1.165) is 48.4 Å². The summed E-state index contributed by atoms with van der Waals surface area (Å²) in [6.07, 6.45) is 4.94. The molecule has 2 aliphatic carbocycles. The van der Waals surface area contributed by atoms with Crippen molar-refractivity contribution < 1.29 is 23.8 Å². The zero-order valence-corrected chi connectivity index (χ0v) is 18.7. The van der Waals surface area contributed by atoms with Crippen molar-refractivity contribution in [1.29, 1.82) is 0 Å². The Morgan fingerprint density at radius 2 is 1.81 bits per heavy atom. The molecule has 1 heterocycles. The van der Waals surface area contributed by atoms with Gasteiger partial charge in [-0.05, 0) is 68.7 Å². The Morgan fingerprint density at radius 3 is 2.48 bits per heavy atom. The van der Waals surface area contributed by atoms with E-state index in [1.807, 2.05) is 25.1 Å². The number of nitrogens with one attached hydrogen (secondary N) is 1. The second-order valence-corrected chi connectivity index (χ2v) is 8.90. The summed E-state index contributed by atoms with van der Waals surface area (Å²) in [7, 11) is 3.25. The molecule has 0 amide bonds. The van der Waals surface area contributed by atoms with E-state index in [4.69, 9.17) is 14.2 Å². The van der Waals surface area contributed by atoms with Crippen LogP contribution in [0.1, 0.15) is 82.6 Å². The number of methoxy groups -OCH3 is 2. The van der Waals surface area contributed by atoms with Crippen LogP contribution in [0, 0.1) is 12.8 Å². The van der Waals surface area contributed by atoms with Gasteiger partial charge in [-0.1, -0.05) is 6.92 Å². The standard InChI is InChI=1S/C25H31NO5/c1-14-5-7-17(8-6-14)31-25(28)24-15(2)23-20(26-24)11-16(12-21(23)27)19-13-18(29-3)9-10-22(19)30-4/h9-10,13-14,16-17,26H,5-8,11-12H2,1-4H3/t14?,16-,17?/m1/s1. The maximum Gasteiger partial charge on any atom is 0.355 e. The predicted molar refractivity (Wildman–Crippen MR) is 117 cm³/mol. The SMILES string of the molecule is COc1ccc(OC)c([C@H]2CC(=O)c3c([nH]c(C(=O)OC4CCC(C)CC4)c3C)C2)c1. The summed E-state index contributed by atoms with van der Waals surface area (Å²) in [5, 5.41) is 0. The van der Waals surface area contributed by atoms with Crippen molar-refractivity contribution in [2.75, 3.05) is 14.2 Å². The molecule has 166 valence electrons. The number of ketones is 1. The van der Waals surface area contributed by atoms with Gasteiger partial charge in [-0.25, -0.2) is 4.79 Å². The Balaban J connectivity index is 1.58. The van der Waals surface area contributed by atoms with Gasteiger partial charge in [0.2, 0.25) is 0 Å². The number of rotatable bonds is 5. The van der Waals surface area contributed by atoms with Gasteiger partial charge in [0.25, 0.3) is 0 Å². The quantitative estimate of drug-likeness (QED) is 0.683. The van der Waals surface area contributed by atoms with Gasteiger partial charge >= 0.3 is 5.97 Å². The number of aromatic nitrogens is 1. The molecule has 0 aliphatic heterocycles. The van der Waals surface area contributed by atoms with Crippen molar-refractivity contribution in [3.8, 4) is 11.5 Å². The molecule has 31 heavy (non-hydrogen) atoms. The van der Waals surface area contributed by atoms with Crippen LogP contribution in [0.2, 0.25) is 0 Å². The summed E-state index contributed by atoms with van der Waals surface area (Å²) < 4.78 is 16.7. The van der Waals surface area contributed by atoms with E-state index < -0.39 is 0 Å². The third kappa shape index (κ3) is 4.21. The molecule has 0 bridgehead atoms. The van der Waals surface area contributed by atoms with E-state index in [-0.39, 0.29) is 23.8 Å². The van der Waals surface area contributed by atoms with Gasteiger partial charge in [0.15, 0.2) is 5.78 Å². The van der Waals surface area contributed by atoms with Crippen LogP contribution in [-0.2, 0) is 11.2 Å². The molecule has 6 heteroatoms. The van der Waals surface area contributed by atoms with Crippen LogP contribution < -0.4 is 9.47 Å². The Kier molecular flexibility index (Phi) is 6.08. The summed E-state index contributed by atoms with van der Waals surface area (Å²) in [5.74, 6) is 1.79. The molecule has 1 aromatic heterocycles. The number of hydrogen-bond donors (Lipinski definition) is 1. The Bertz CT molecular complexity index is 984. The van der Waals surface area contributed by atoms with Gasteiger partial charge in [-0.2, -0.15) is 0 Å². The number of H-pyrrole nitrogens is 1. The van der Waals surface area contributed by atoms with Crippen LogP contribution in [0.25, 0.3) is 0 Å². The predicted octanol–water partition coefficient (Wildman–Crippen LogP) is 4.99. The average Bonchev–Trinajstić information content (AvgIpc) is 3.11. The lowest BCUT2D eigenvalue weighted by Crippen LogP contribution is -2.24. The number of hydrogen-bond acceptors (Lipinski definition) is 5. The molecule has 6 nitrogen and oxygen atoms in total. The normalized spacial score (nSPS) is 23.2. The van der Waals surface area contributed by atoms with Crippen LogP contribution in [0.15, 0.2) is 18.2 Å². The largest absolute Gasteiger partial charge is 0.497 e. The van der Waals surface area contributed by atoms with Crippen molar-refractivity contribution >= 4 is 11.8 Å². The fraction of sp³-hybridized carbons (Fsp3) is 0.520. The lowest BCUT2D eigenvalue weighted by molar-refractivity contribution is 0.0167. The minimum absolute atomic E-state index is 0.0343. The molecule has 0 saturated heterocycles. The van der Waals surface area contributed by atoms with Crippen LogP contribution in [0.3, 0.4) is 0 Å². The number of Topliss-reactive ketones (excluding diaryl/α,β-unsaturated/α-hetero) is 1. The number of benzene rings is 1. The highest BCUT2D eigenvalue weighted by atomic mass is 16.5. The van der Waals surface area contributed by atoms with Gasteiger partial charge in [-0.3, -0.25) is 4.79 Å². The molecule has 1 atom stereocenters. The fourth-order valence-electron chi connectivity index (χ4n) is 4.97. The maximum absolute atomic E-state index is 13.1. The highest BCUT2D eigenvalue weighted by molar-refractivity contribution is 6.03. The van der Waals surface area contributed by atoms with Crippen molar-refractivity contribution in [3.63, 3.8) is 0 Å². The van der Waals surface area contributed by atoms with Crippen molar-refractivity contribution in [1.82, 2.24) is 4.98 Å². The number of fused-ring (bicyclic) bond motifs is 1. The highest BCUT2D eigenvalue weighted by Gasteiger charge is 2.34. The second-order valence-electron chi connectivity index (χ2n) is 8.90. The zero-order chi connectivity index (χ0) is 22.1. The summed E-state index contributed by atoms with van der Waals surface area (Å²) in [6, 6.07) is 5.63. The average molecular weight is 426 g/mol. The molecule has 0 radical (unpaired) electrons. The summed E-state index contributed by atoms with van der Waals surface area (Å²) in [4.78, 5) is 29.2. The van der Waals surface area contributed by atoms with E-state index in [2.05, 4.69) is 11.9 Å². The highest BCUT2D eigenvalue weighted by Crippen LogP contribution is 2.40. The maximum atomic E-state index is 13.1. The van der Waals surface area contributed by atoms with Crippen molar-refractivity contribution in [2.24, 2.45) is 5.92 Å². The minimum atomic E-state index is -0.352. The van der Waals surface area contributed by atoms with E-state index >= 15 is 0 Å². The van der Waals surface area contributed by atoms with Gasteiger partial charge in [0, 0.05) is 29.2 Å². The molecular formula is C25H31NO5. The zero-order valence-electron chi connectivity index (χ0n) is 18.7. The number of carbonyl (C=O) groups excluding carboxylic acids is 2. The molecule has 1 N–H and O–H groups in total. The van der Waals surface area contributed by atoms with Gasteiger partial charge in [0.05, 0.1) is 14.2 Å². The van der Waals surface area contributed by atoms with Crippen LogP contribution in [-0.4, -0.2) is 37.1 Å². The van der Waals surface area contributed by atoms with Crippen molar-refractivity contribution in [3.05, 3.63) is 46.3 Å². The minimum Gasteiger partial charge on any atom is -0.497 e. The Hall–Kier alpha value is -2.76. The molecule has 4 rings (SSSR count). The molecule has 0 spiro atoms. The van der Waals surface area contributed by atoms with Gasteiger partial charge < -0.3 is 19.2 Å². The summed E-state index contributed by atoms with van der Waals surface area (Å²) >= 11 is 0. The lowest BCUT2D eigenvalue weighted by Gasteiger charge is -2.25. The summed E-state index contributed by atoms with van der Waals surface area (Å²) in [6.45, 7) is 4.07. The van der Waals surface area contributed by atoms with E-state index in [1.165, 1.54) is 0 Å². The molecule has 2 aromatic rings. The number of aromatic amines is 1. The molecule has 1 saturated carbocycles. The monoisotopic (exact) mass is 425 g/mol. The Labute approximate surface area is 183 Å². The molecular weight excluding hydrogens is 394 g/mol. The summed E-state index contributed by atoms with van der Waals surface area (Å²) in [5.41, 5.74) is 3.49. The smallest absolute Gasteiger partial charge is 0.355 e. The van der Waals surface area contributed by atoms with Crippen LogP contribution in [0.5, 0.6) is 11.5 Å². The Morgan fingerprint density at radius 1 is 1.06 bits per heavy atom. The van der Waals surface area contributed by atoms with Gasteiger partial charge in [0.1, 0.15) is 23.3 Å². The van der Waals surface area contributed by atoms with Gasteiger partial charge in [-0.15, -0.1) is 0 Å². The van der Waals surface area contributed by atoms with E-state index in [0.29, 0.717) is 35.6 Å². The molecule has 1 fully saturated rings. The molecule has 1 aromatic carbocycles. The third-order valence-corrected chi connectivity index (χ3v) is 6.81. The third-order valence-electron chi connectivity index (χ3n) is 6.81. The fourth-order valence-corrected chi connectivity index (χ4v) is 4.97. The first-order valence-corrected chi connectivity index (χ1v) is 11.1. The van der Waals surface area contributed by atoms with Crippen molar-refractivity contribution in [2.45, 2.75) is 64.4 Å². The first-order chi connectivity index (χ1) is 14.9. The van der Waals surface area contributed by atoms with Crippen LogP contribution >= 0.6 is 0 Å². The number of ether oxygens (including phenoxy) is 3. The van der Waals surface area contributed by atoms with Crippen LogP contribution in [0.4, 0.5) is 0 Å².